The fraction of sp³-hybridized carbons (Fsp3) is 0.182. The van der Waals surface area contributed by atoms with Crippen LogP contribution in [0.4, 0.5) is 0 Å². The Hall–Kier alpha value is -0.910. The van der Waals surface area contributed by atoms with Gasteiger partial charge in [-0.1, -0.05) is 12.1 Å². The molecule has 0 aliphatic carbocycles. The van der Waals surface area contributed by atoms with Crippen LogP contribution in [0.15, 0.2) is 35.0 Å². The maximum atomic E-state index is 5.21. The first-order valence-corrected chi connectivity index (χ1v) is 7.15. The van der Waals surface area contributed by atoms with Crippen LogP contribution < -0.4 is 10.6 Å². The van der Waals surface area contributed by atoms with E-state index in [1.54, 1.807) is 22.7 Å². The van der Waals surface area contributed by atoms with Crippen LogP contribution >= 0.6 is 34.9 Å². The number of nitrogens with one attached hydrogen (secondary N) is 2. The Labute approximate surface area is 107 Å². The summed E-state index contributed by atoms with van der Waals surface area (Å²) >= 11 is 8.74. The van der Waals surface area contributed by atoms with Gasteiger partial charge in [0.05, 0.1) is 12.1 Å². The lowest BCUT2D eigenvalue weighted by Crippen LogP contribution is -2.21. The molecule has 0 amide bonds. The summed E-state index contributed by atoms with van der Waals surface area (Å²) in [5.74, 6) is 0. The van der Waals surface area contributed by atoms with Gasteiger partial charge in [0.1, 0.15) is 0 Å². The molecule has 1 fully saturated rings. The van der Waals surface area contributed by atoms with Crippen LogP contribution in [0.2, 0.25) is 0 Å². The van der Waals surface area contributed by atoms with E-state index in [4.69, 9.17) is 12.2 Å². The molecule has 1 saturated heterocycles. The first kappa shape index (κ1) is 10.3. The van der Waals surface area contributed by atoms with Crippen LogP contribution in [0.25, 0.3) is 0 Å². The van der Waals surface area contributed by atoms with Crippen molar-refractivity contribution in [3.8, 4) is 0 Å². The predicted octanol–water partition coefficient (Wildman–Crippen LogP) is 3.07. The van der Waals surface area contributed by atoms with Crippen LogP contribution in [-0.4, -0.2) is 5.11 Å². The van der Waals surface area contributed by atoms with E-state index in [9.17, 15) is 0 Å². The second-order valence-electron chi connectivity index (χ2n) is 3.60. The highest BCUT2D eigenvalue weighted by Crippen LogP contribution is 2.36. The molecule has 0 bridgehead atoms. The maximum Gasteiger partial charge on any atom is 0.167 e. The molecule has 2 aromatic heterocycles. The molecule has 0 radical (unpaired) electrons. The summed E-state index contributed by atoms with van der Waals surface area (Å²) in [6.45, 7) is 0. The van der Waals surface area contributed by atoms with E-state index in [0.29, 0.717) is 0 Å². The van der Waals surface area contributed by atoms with Crippen molar-refractivity contribution in [3.63, 3.8) is 0 Å². The molecule has 3 heterocycles. The number of hydrogen-bond acceptors (Lipinski definition) is 3. The summed E-state index contributed by atoms with van der Waals surface area (Å²) in [5.41, 5.74) is 0. The van der Waals surface area contributed by atoms with E-state index in [2.05, 4.69) is 45.7 Å². The van der Waals surface area contributed by atoms with Crippen molar-refractivity contribution in [2.24, 2.45) is 0 Å². The largest absolute Gasteiger partial charge is 0.353 e. The van der Waals surface area contributed by atoms with Gasteiger partial charge < -0.3 is 10.6 Å². The second-order valence-corrected chi connectivity index (χ2v) is 5.97. The highest BCUT2D eigenvalue weighted by atomic mass is 32.1. The summed E-state index contributed by atoms with van der Waals surface area (Å²) < 4.78 is 0. The fourth-order valence-electron chi connectivity index (χ4n) is 1.90. The zero-order valence-corrected chi connectivity index (χ0v) is 10.8. The lowest BCUT2D eigenvalue weighted by atomic mass is 10.1. The van der Waals surface area contributed by atoms with Gasteiger partial charge in [-0.2, -0.15) is 0 Å². The quantitative estimate of drug-likeness (QED) is 0.817. The molecule has 2 aromatic rings. The normalized spacial score (nSPS) is 24.1. The van der Waals surface area contributed by atoms with Crippen LogP contribution in [-0.2, 0) is 0 Å². The lowest BCUT2D eigenvalue weighted by molar-refractivity contribution is 0.570. The zero-order valence-electron chi connectivity index (χ0n) is 8.34. The van der Waals surface area contributed by atoms with Gasteiger partial charge in [-0.3, -0.25) is 0 Å². The summed E-state index contributed by atoms with van der Waals surface area (Å²) in [6.07, 6.45) is 0. The maximum absolute atomic E-state index is 5.21. The minimum atomic E-state index is 0.270. The first-order chi connectivity index (χ1) is 7.84. The van der Waals surface area contributed by atoms with Gasteiger partial charge in [0, 0.05) is 9.75 Å². The molecule has 2 atom stereocenters. The van der Waals surface area contributed by atoms with Gasteiger partial charge in [-0.05, 0) is 35.1 Å². The Morgan fingerprint density at radius 2 is 1.44 bits per heavy atom. The molecule has 2 unspecified atom stereocenters. The predicted molar refractivity (Wildman–Crippen MR) is 73.0 cm³/mol. The average molecular weight is 266 g/mol. The van der Waals surface area contributed by atoms with Crippen LogP contribution in [0, 0.1) is 0 Å². The van der Waals surface area contributed by atoms with Gasteiger partial charge in [-0.25, -0.2) is 0 Å². The highest BCUT2D eigenvalue weighted by molar-refractivity contribution is 7.80. The van der Waals surface area contributed by atoms with Crippen molar-refractivity contribution in [3.05, 3.63) is 44.8 Å². The smallest absolute Gasteiger partial charge is 0.167 e. The van der Waals surface area contributed by atoms with Crippen LogP contribution in [0.3, 0.4) is 0 Å². The highest BCUT2D eigenvalue weighted by Gasteiger charge is 2.33. The van der Waals surface area contributed by atoms with Crippen molar-refractivity contribution < 1.29 is 0 Å². The Morgan fingerprint density at radius 3 is 1.81 bits per heavy atom. The molecule has 1 aliphatic heterocycles. The molecule has 2 nitrogen and oxygen atoms in total. The van der Waals surface area contributed by atoms with Gasteiger partial charge in [-0.15, -0.1) is 22.7 Å². The zero-order chi connectivity index (χ0) is 11.0. The molecule has 3 rings (SSSR count). The lowest BCUT2D eigenvalue weighted by Gasteiger charge is -2.15. The molecular formula is C11H10N2S3. The molecule has 0 saturated carbocycles. The third-order valence-corrected chi connectivity index (χ3v) is 4.75. The number of rotatable bonds is 2. The molecule has 0 aromatic carbocycles. The van der Waals surface area contributed by atoms with E-state index >= 15 is 0 Å². The Morgan fingerprint density at radius 1 is 0.938 bits per heavy atom. The molecule has 2 N–H and O–H groups in total. The van der Waals surface area contributed by atoms with E-state index in [-0.39, 0.29) is 12.1 Å². The summed E-state index contributed by atoms with van der Waals surface area (Å²) in [5, 5.41) is 11.6. The minimum Gasteiger partial charge on any atom is -0.353 e. The topological polar surface area (TPSA) is 24.1 Å². The van der Waals surface area contributed by atoms with Crippen LogP contribution in [0.1, 0.15) is 21.8 Å². The average Bonchev–Trinajstić information content (AvgIpc) is 2.98. The third kappa shape index (κ3) is 1.75. The van der Waals surface area contributed by atoms with E-state index in [1.165, 1.54) is 9.75 Å². The fourth-order valence-corrected chi connectivity index (χ4v) is 3.78. The second kappa shape index (κ2) is 4.16. The van der Waals surface area contributed by atoms with Gasteiger partial charge in [0.15, 0.2) is 5.11 Å². The SMILES string of the molecule is S=C1NC(c2cccs2)C(c2cccs2)N1. The Kier molecular flexibility index (Phi) is 2.67. The Balaban J connectivity index is 1.95. The van der Waals surface area contributed by atoms with Crippen molar-refractivity contribution >= 4 is 40.0 Å². The van der Waals surface area contributed by atoms with Crippen LogP contribution in [0.5, 0.6) is 0 Å². The Bertz CT molecular complexity index is 431. The number of hydrogen-bond donors (Lipinski definition) is 2. The number of thiocarbonyl (C=S) groups is 1. The van der Waals surface area contributed by atoms with Gasteiger partial charge in [0.25, 0.3) is 0 Å². The van der Waals surface area contributed by atoms with Crippen molar-refractivity contribution in [1.29, 1.82) is 0 Å². The molecule has 16 heavy (non-hydrogen) atoms. The summed E-state index contributed by atoms with van der Waals surface area (Å²) in [7, 11) is 0. The third-order valence-electron chi connectivity index (χ3n) is 2.61. The van der Waals surface area contributed by atoms with Gasteiger partial charge in [0.2, 0.25) is 0 Å². The van der Waals surface area contributed by atoms with Crippen molar-refractivity contribution in [2.75, 3.05) is 0 Å². The van der Waals surface area contributed by atoms with E-state index in [1.807, 2.05) is 0 Å². The van der Waals surface area contributed by atoms with Gasteiger partial charge >= 0.3 is 0 Å². The van der Waals surface area contributed by atoms with Crippen molar-refractivity contribution in [2.45, 2.75) is 12.1 Å². The minimum absolute atomic E-state index is 0.270. The van der Waals surface area contributed by atoms with E-state index in [0.717, 1.165) is 5.11 Å². The molecule has 0 spiro atoms. The van der Waals surface area contributed by atoms with E-state index < -0.39 is 0 Å². The summed E-state index contributed by atoms with van der Waals surface area (Å²) in [6, 6.07) is 9.00. The first-order valence-electron chi connectivity index (χ1n) is 4.98. The number of thiophene rings is 2. The molecule has 5 heteroatoms. The monoisotopic (exact) mass is 266 g/mol. The standard InChI is InChI=1S/C11H10N2S3/c14-11-12-9(7-3-1-5-15-7)10(13-11)8-4-2-6-16-8/h1-6,9-10H,(H2,12,13,14). The molecular weight excluding hydrogens is 256 g/mol. The summed E-state index contributed by atoms with van der Waals surface area (Å²) in [4.78, 5) is 2.65. The molecule has 82 valence electrons. The van der Waals surface area contributed by atoms with Crippen molar-refractivity contribution in [1.82, 2.24) is 10.6 Å². The molecule has 1 aliphatic rings.